The molecule has 0 unspecified atom stereocenters. The molecule has 140 valence electrons. The monoisotopic (exact) mass is 380 g/mol. The maximum absolute atomic E-state index is 13.5. The van der Waals surface area contributed by atoms with E-state index in [9.17, 15) is 17.6 Å². The van der Waals surface area contributed by atoms with Crippen molar-refractivity contribution in [2.45, 2.75) is 31.7 Å². The molecule has 1 N–H and O–H groups in total. The minimum Gasteiger partial charge on any atom is -0.368 e. The lowest BCUT2D eigenvalue weighted by molar-refractivity contribution is 0.0214. The topological polar surface area (TPSA) is 31.4 Å². The van der Waals surface area contributed by atoms with Gasteiger partial charge in [-0.3, -0.25) is 4.90 Å². The SMILES string of the molecule is CC(F)(F)Cc1c(N2CC(N3CCNCC3)C2)cc(Cl)nc1C(F)F. The van der Waals surface area contributed by atoms with Crippen molar-refractivity contribution in [1.82, 2.24) is 15.2 Å². The minimum atomic E-state index is -3.10. The van der Waals surface area contributed by atoms with E-state index in [1.165, 1.54) is 6.07 Å². The zero-order chi connectivity index (χ0) is 18.2. The highest BCUT2D eigenvalue weighted by Gasteiger charge is 2.36. The summed E-state index contributed by atoms with van der Waals surface area (Å²) >= 11 is 5.87. The molecule has 0 saturated carbocycles. The van der Waals surface area contributed by atoms with Gasteiger partial charge in [0.25, 0.3) is 6.43 Å². The molecule has 2 aliphatic heterocycles. The highest BCUT2D eigenvalue weighted by Crippen LogP contribution is 2.37. The lowest BCUT2D eigenvalue weighted by atomic mass is 9.98. The smallest absolute Gasteiger partial charge is 0.280 e. The van der Waals surface area contributed by atoms with Gasteiger partial charge in [0.15, 0.2) is 0 Å². The van der Waals surface area contributed by atoms with Crippen LogP contribution in [0, 0.1) is 0 Å². The van der Waals surface area contributed by atoms with Gasteiger partial charge >= 0.3 is 0 Å². The fourth-order valence-corrected chi connectivity index (χ4v) is 3.62. The second-order valence-corrected chi connectivity index (χ2v) is 7.11. The van der Waals surface area contributed by atoms with Crippen molar-refractivity contribution < 1.29 is 17.6 Å². The van der Waals surface area contributed by atoms with Crippen LogP contribution in [0.5, 0.6) is 0 Å². The second-order valence-electron chi connectivity index (χ2n) is 6.72. The van der Waals surface area contributed by atoms with Crippen molar-refractivity contribution >= 4 is 17.3 Å². The Morgan fingerprint density at radius 1 is 1.32 bits per heavy atom. The molecule has 25 heavy (non-hydrogen) atoms. The first kappa shape index (κ1) is 18.7. The van der Waals surface area contributed by atoms with Gasteiger partial charge in [0.05, 0.1) is 0 Å². The molecular formula is C16H21ClF4N4. The molecule has 0 amide bonds. The third-order valence-corrected chi connectivity index (χ3v) is 4.86. The summed E-state index contributed by atoms with van der Waals surface area (Å²) in [7, 11) is 0. The lowest BCUT2D eigenvalue weighted by Gasteiger charge is -2.48. The Morgan fingerprint density at radius 3 is 2.52 bits per heavy atom. The molecule has 3 heterocycles. The molecule has 0 spiro atoms. The van der Waals surface area contributed by atoms with Gasteiger partial charge in [0, 0.05) is 63.0 Å². The maximum atomic E-state index is 13.5. The fraction of sp³-hybridized carbons (Fsp3) is 0.688. The summed E-state index contributed by atoms with van der Waals surface area (Å²) in [6.07, 6.45) is -3.72. The van der Waals surface area contributed by atoms with Gasteiger partial charge in [-0.25, -0.2) is 22.5 Å². The van der Waals surface area contributed by atoms with E-state index in [0.717, 1.165) is 33.1 Å². The van der Waals surface area contributed by atoms with E-state index in [4.69, 9.17) is 11.6 Å². The zero-order valence-electron chi connectivity index (χ0n) is 13.9. The quantitative estimate of drug-likeness (QED) is 0.628. The number of nitrogens with one attached hydrogen (secondary N) is 1. The molecule has 2 saturated heterocycles. The number of alkyl halides is 4. The molecular weight excluding hydrogens is 360 g/mol. The molecule has 2 aliphatic rings. The van der Waals surface area contributed by atoms with Crippen LogP contribution >= 0.6 is 11.6 Å². The fourth-order valence-electron chi connectivity index (χ4n) is 3.43. The van der Waals surface area contributed by atoms with Gasteiger partial charge in [-0.15, -0.1) is 0 Å². The molecule has 1 aromatic heterocycles. The lowest BCUT2D eigenvalue weighted by Crippen LogP contribution is -2.63. The Labute approximate surface area is 149 Å². The number of aromatic nitrogens is 1. The summed E-state index contributed by atoms with van der Waals surface area (Å²) < 4.78 is 53.7. The van der Waals surface area contributed by atoms with Crippen LogP contribution in [0.4, 0.5) is 23.2 Å². The highest BCUT2D eigenvalue weighted by molar-refractivity contribution is 6.29. The Morgan fingerprint density at radius 2 is 1.96 bits per heavy atom. The van der Waals surface area contributed by atoms with Crippen LogP contribution in [0.2, 0.25) is 5.15 Å². The van der Waals surface area contributed by atoms with Gasteiger partial charge in [0.2, 0.25) is 5.92 Å². The van der Waals surface area contributed by atoms with E-state index >= 15 is 0 Å². The number of anilines is 1. The molecule has 0 aliphatic carbocycles. The van der Waals surface area contributed by atoms with Crippen molar-refractivity contribution in [3.8, 4) is 0 Å². The van der Waals surface area contributed by atoms with Crippen LogP contribution in [0.1, 0.15) is 24.6 Å². The average molecular weight is 381 g/mol. The number of pyridine rings is 1. The summed E-state index contributed by atoms with van der Waals surface area (Å²) in [6.45, 7) is 5.65. The highest BCUT2D eigenvalue weighted by atomic mass is 35.5. The van der Waals surface area contributed by atoms with E-state index in [0.29, 0.717) is 24.8 Å². The van der Waals surface area contributed by atoms with Crippen molar-refractivity contribution in [2.75, 3.05) is 44.2 Å². The molecule has 1 aromatic rings. The zero-order valence-corrected chi connectivity index (χ0v) is 14.7. The summed E-state index contributed by atoms with van der Waals surface area (Å²) in [4.78, 5) is 7.78. The average Bonchev–Trinajstić information content (AvgIpc) is 2.47. The number of rotatable bonds is 5. The van der Waals surface area contributed by atoms with E-state index in [-0.39, 0.29) is 10.7 Å². The molecule has 0 bridgehead atoms. The van der Waals surface area contributed by atoms with Gasteiger partial charge in [-0.05, 0) is 13.0 Å². The summed E-state index contributed by atoms with van der Waals surface area (Å²) in [5.41, 5.74) is -0.400. The van der Waals surface area contributed by atoms with Crippen molar-refractivity contribution in [1.29, 1.82) is 0 Å². The van der Waals surface area contributed by atoms with Crippen LogP contribution in [0.25, 0.3) is 0 Å². The van der Waals surface area contributed by atoms with Crippen LogP contribution in [0.15, 0.2) is 6.07 Å². The first-order valence-electron chi connectivity index (χ1n) is 8.29. The van der Waals surface area contributed by atoms with Crippen LogP contribution < -0.4 is 10.2 Å². The van der Waals surface area contributed by atoms with Crippen molar-refractivity contribution in [3.05, 3.63) is 22.5 Å². The summed E-state index contributed by atoms with van der Waals surface area (Å²) in [5, 5.41) is 3.18. The van der Waals surface area contributed by atoms with Gasteiger partial charge in [0.1, 0.15) is 10.8 Å². The predicted molar refractivity (Wildman–Crippen MR) is 89.0 cm³/mol. The Balaban J connectivity index is 1.83. The van der Waals surface area contributed by atoms with Crippen molar-refractivity contribution in [2.24, 2.45) is 0 Å². The summed E-state index contributed by atoms with van der Waals surface area (Å²) in [6, 6.07) is 1.72. The normalized spacial score (nSPS) is 20.2. The predicted octanol–water partition coefficient (Wildman–Crippen LogP) is 2.96. The first-order chi connectivity index (χ1) is 11.7. The van der Waals surface area contributed by atoms with Crippen LogP contribution in [-0.4, -0.2) is 61.1 Å². The van der Waals surface area contributed by atoms with Crippen molar-refractivity contribution in [3.63, 3.8) is 0 Å². The van der Waals surface area contributed by atoms with Crippen LogP contribution in [0.3, 0.4) is 0 Å². The molecule has 2 fully saturated rings. The van der Waals surface area contributed by atoms with E-state index in [1.807, 2.05) is 4.90 Å². The van der Waals surface area contributed by atoms with Gasteiger partial charge in [-0.2, -0.15) is 0 Å². The molecule has 0 atom stereocenters. The molecule has 9 heteroatoms. The van der Waals surface area contributed by atoms with Gasteiger partial charge < -0.3 is 10.2 Å². The molecule has 3 rings (SSSR count). The standard InChI is InChI=1S/C16H21ClF4N4/c1-16(20,21)7-11-12(6-13(17)23-14(11)15(18)19)25-8-10(9-25)24-4-2-22-3-5-24/h6,10,15,22H,2-5,7-9H2,1H3. The van der Waals surface area contributed by atoms with E-state index < -0.39 is 24.5 Å². The number of hydrogen-bond donors (Lipinski definition) is 1. The minimum absolute atomic E-state index is 0.0981. The Hall–Kier alpha value is -1.12. The molecule has 0 aromatic carbocycles. The third kappa shape index (κ3) is 4.35. The van der Waals surface area contributed by atoms with Gasteiger partial charge in [-0.1, -0.05) is 11.6 Å². The number of nitrogens with zero attached hydrogens (tertiary/aromatic N) is 3. The first-order valence-corrected chi connectivity index (χ1v) is 8.67. The molecule has 4 nitrogen and oxygen atoms in total. The maximum Gasteiger partial charge on any atom is 0.280 e. The Kier molecular flexibility index (Phi) is 5.41. The number of piperazine rings is 1. The summed E-state index contributed by atoms with van der Waals surface area (Å²) in [5.74, 6) is -3.10. The number of halogens is 5. The largest absolute Gasteiger partial charge is 0.368 e. The van der Waals surface area contributed by atoms with E-state index in [2.05, 4.69) is 15.2 Å². The Bertz CT molecular complexity index is 611. The number of hydrogen-bond acceptors (Lipinski definition) is 4. The third-order valence-electron chi connectivity index (χ3n) is 4.67. The second kappa shape index (κ2) is 7.25. The van der Waals surface area contributed by atoms with Crippen LogP contribution in [-0.2, 0) is 6.42 Å². The van der Waals surface area contributed by atoms with E-state index in [1.54, 1.807) is 0 Å². The molecule has 0 radical (unpaired) electrons.